The molecular weight excluding hydrogens is 677 g/mol. The lowest BCUT2D eigenvalue weighted by Gasteiger charge is -2.22. The van der Waals surface area contributed by atoms with E-state index in [1.165, 1.54) is 41.2 Å². The van der Waals surface area contributed by atoms with Crippen molar-refractivity contribution in [3.8, 4) is 22.3 Å². The van der Waals surface area contributed by atoms with Gasteiger partial charge in [-0.1, -0.05) is 36.4 Å². The van der Waals surface area contributed by atoms with Gasteiger partial charge in [-0.05, 0) is 34.9 Å². The molecule has 0 saturated carbocycles. The third-order valence-corrected chi connectivity index (χ3v) is 9.14. The maximum Gasteiger partial charge on any atom is 0.267 e. The number of hydrogen-bond acceptors (Lipinski definition) is 8. The Balaban J connectivity index is 1.11. The van der Waals surface area contributed by atoms with E-state index in [4.69, 9.17) is 15.2 Å². The molecule has 1 amide bonds. The number of benzene rings is 2. The van der Waals surface area contributed by atoms with Gasteiger partial charge in [-0.25, -0.2) is 18.2 Å². The topological polar surface area (TPSA) is 135 Å². The number of anilines is 1. The minimum Gasteiger partial charge on any atom is -0.383 e. The van der Waals surface area contributed by atoms with Gasteiger partial charge in [0.2, 0.25) is 5.43 Å². The number of carbonyl (C=O) groups is 2. The molecule has 0 radical (unpaired) electrons. The van der Waals surface area contributed by atoms with Crippen LogP contribution >= 0.6 is 0 Å². The van der Waals surface area contributed by atoms with Crippen LogP contribution in [0.3, 0.4) is 0 Å². The fraction of sp³-hybridized carbons (Fsp3) is 0.289. The van der Waals surface area contributed by atoms with Gasteiger partial charge < -0.3 is 24.7 Å². The van der Waals surface area contributed by atoms with E-state index >= 15 is 0 Å². The van der Waals surface area contributed by atoms with Gasteiger partial charge in [0.15, 0.2) is 5.78 Å². The molecule has 2 aliphatic heterocycles. The van der Waals surface area contributed by atoms with Crippen LogP contribution in [0, 0.1) is 5.82 Å². The number of alkyl halides is 2. The Hall–Kier alpha value is -5.60. The number of nitrogens with zero attached hydrogens (tertiary/aromatic N) is 5. The predicted octanol–water partition coefficient (Wildman–Crippen LogP) is 4.87. The number of Topliss-reactive ketones (excluding diaryl/α,β-unsaturated/α-hetero) is 1. The van der Waals surface area contributed by atoms with E-state index in [2.05, 4.69) is 10.1 Å². The van der Waals surface area contributed by atoms with Gasteiger partial charge in [-0.3, -0.25) is 19.1 Å². The molecule has 11 nitrogen and oxygen atoms in total. The normalized spacial score (nSPS) is 17.0. The number of nitrogens with two attached hydrogens (primary N) is 1. The van der Waals surface area contributed by atoms with Crippen LogP contribution in [0.4, 0.5) is 19.0 Å². The van der Waals surface area contributed by atoms with Crippen LogP contribution in [0.2, 0.25) is 0 Å². The first kappa shape index (κ1) is 34.8. The number of likely N-dealkylation sites (tertiary alicyclic amines) is 1. The second-order valence-corrected chi connectivity index (χ2v) is 13.0. The van der Waals surface area contributed by atoms with Crippen molar-refractivity contribution in [2.45, 2.75) is 38.0 Å². The molecule has 2 aliphatic rings. The molecule has 268 valence electrons. The number of nitrogen functional groups attached to an aromatic ring is 1. The molecule has 2 N–H and O–H groups in total. The largest absolute Gasteiger partial charge is 0.383 e. The zero-order valence-corrected chi connectivity index (χ0v) is 28.0. The molecule has 2 aromatic carbocycles. The molecular formula is C38H35F3N6O5. The average Bonchev–Trinajstić information content (AvgIpc) is 3.76. The van der Waals surface area contributed by atoms with Crippen molar-refractivity contribution in [2.75, 3.05) is 38.6 Å². The second-order valence-electron chi connectivity index (χ2n) is 13.0. The van der Waals surface area contributed by atoms with Gasteiger partial charge >= 0.3 is 0 Å². The summed E-state index contributed by atoms with van der Waals surface area (Å²) in [6.45, 7) is 1.27. The van der Waals surface area contributed by atoms with Gasteiger partial charge in [-0.15, -0.1) is 0 Å². The SMILES string of the molecule is Nc1ncc(-c2cnn(C[C@H]3COCCO3)c2)cc1-c1ccc(CC(=O)c2cn(Cc3ccc(F)cc3)cc(C(=O)N3CCC(F)(F)C3)c2=O)cc1. The zero-order chi connectivity index (χ0) is 36.4. The van der Waals surface area contributed by atoms with Gasteiger partial charge in [0.05, 0.1) is 44.7 Å². The Kier molecular flexibility index (Phi) is 9.75. The number of amides is 1. The van der Waals surface area contributed by atoms with E-state index < -0.39 is 41.8 Å². The Morgan fingerprint density at radius 2 is 1.67 bits per heavy atom. The summed E-state index contributed by atoms with van der Waals surface area (Å²) in [6.07, 6.45) is 7.15. The van der Waals surface area contributed by atoms with Crippen molar-refractivity contribution < 1.29 is 32.2 Å². The molecule has 5 aromatic rings. The van der Waals surface area contributed by atoms with Gasteiger partial charge in [0, 0.05) is 67.4 Å². The molecule has 0 unspecified atom stereocenters. The minimum absolute atomic E-state index is 0.0771. The number of pyridine rings is 2. The lowest BCUT2D eigenvalue weighted by atomic mass is 9.98. The minimum atomic E-state index is -3.06. The highest BCUT2D eigenvalue weighted by Gasteiger charge is 2.41. The monoisotopic (exact) mass is 712 g/mol. The van der Waals surface area contributed by atoms with Crippen molar-refractivity contribution in [3.63, 3.8) is 0 Å². The second kappa shape index (κ2) is 14.6. The molecule has 1 atom stereocenters. The molecule has 52 heavy (non-hydrogen) atoms. The van der Waals surface area contributed by atoms with Crippen LogP contribution < -0.4 is 11.2 Å². The number of halogens is 3. The summed E-state index contributed by atoms with van der Waals surface area (Å²) >= 11 is 0. The quantitative estimate of drug-likeness (QED) is 0.203. The molecule has 0 bridgehead atoms. The fourth-order valence-corrected chi connectivity index (χ4v) is 6.36. The smallest absolute Gasteiger partial charge is 0.267 e. The van der Waals surface area contributed by atoms with E-state index in [0.717, 1.165) is 21.6 Å². The summed E-state index contributed by atoms with van der Waals surface area (Å²) < 4.78 is 55.9. The number of carbonyl (C=O) groups excluding carboxylic acids is 2. The van der Waals surface area contributed by atoms with Crippen LogP contribution in [-0.2, 0) is 29.0 Å². The predicted molar refractivity (Wildman–Crippen MR) is 186 cm³/mol. The summed E-state index contributed by atoms with van der Waals surface area (Å²) in [5.41, 5.74) is 9.10. The maximum atomic E-state index is 14.0. The van der Waals surface area contributed by atoms with Crippen molar-refractivity contribution in [3.05, 3.63) is 124 Å². The third-order valence-electron chi connectivity index (χ3n) is 9.14. The zero-order valence-electron chi connectivity index (χ0n) is 28.0. The average molecular weight is 713 g/mol. The maximum absolute atomic E-state index is 14.0. The Bertz CT molecular complexity index is 2160. The van der Waals surface area contributed by atoms with Crippen molar-refractivity contribution >= 4 is 17.5 Å². The highest BCUT2D eigenvalue weighted by atomic mass is 19.3. The first-order valence-electron chi connectivity index (χ1n) is 16.8. The van der Waals surface area contributed by atoms with Crippen LogP contribution in [0.15, 0.2) is 90.4 Å². The number of ether oxygens (including phenoxy) is 2. The number of hydrogen-bond donors (Lipinski definition) is 1. The number of rotatable bonds is 10. The van der Waals surface area contributed by atoms with Crippen LogP contribution in [0.1, 0.15) is 38.3 Å². The lowest BCUT2D eigenvalue weighted by Crippen LogP contribution is -2.36. The van der Waals surface area contributed by atoms with Crippen molar-refractivity contribution in [1.82, 2.24) is 24.2 Å². The molecule has 2 saturated heterocycles. The summed E-state index contributed by atoms with van der Waals surface area (Å²) in [5, 5.41) is 4.45. The van der Waals surface area contributed by atoms with Gasteiger partial charge in [0.1, 0.15) is 23.3 Å². The molecule has 7 rings (SSSR count). The highest BCUT2D eigenvalue weighted by Crippen LogP contribution is 2.30. The standard InChI is InChI=1S/C38H35F3N6O5/c39-29-7-3-25(4-8-29)17-45-20-32(35(49)33(21-45)37(50)46-10-9-38(40,41)23-46)34(48)13-24-1-5-26(6-2-24)31-14-27(15-43-36(31)42)28-16-44-47(18-28)19-30-22-51-11-12-52-30/h1-8,14-16,18,20-21,30H,9-13,17,19,22-23H2,(H2,42,43)/t30-/m0/s1. The number of aromatic nitrogens is 4. The Morgan fingerprint density at radius 1 is 0.923 bits per heavy atom. The van der Waals surface area contributed by atoms with Gasteiger partial charge in [-0.2, -0.15) is 5.10 Å². The summed E-state index contributed by atoms with van der Waals surface area (Å²) in [5.74, 6) is -4.62. The van der Waals surface area contributed by atoms with Crippen LogP contribution in [0.25, 0.3) is 22.3 Å². The first-order chi connectivity index (χ1) is 25.0. The summed E-state index contributed by atoms with van der Waals surface area (Å²) in [6, 6.07) is 14.6. The molecule has 0 spiro atoms. The summed E-state index contributed by atoms with van der Waals surface area (Å²) in [7, 11) is 0. The van der Waals surface area contributed by atoms with Crippen LogP contribution in [0.5, 0.6) is 0 Å². The number of ketones is 1. The molecule has 3 aromatic heterocycles. The fourth-order valence-electron chi connectivity index (χ4n) is 6.36. The van der Waals surface area contributed by atoms with Crippen LogP contribution in [-0.4, -0.2) is 80.9 Å². The van der Waals surface area contributed by atoms with Crippen molar-refractivity contribution in [2.24, 2.45) is 0 Å². The lowest BCUT2D eigenvalue weighted by molar-refractivity contribution is -0.0946. The van der Waals surface area contributed by atoms with E-state index in [-0.39, 0.29) is 36.7 Å². The first-order valence-corrected chi connectivity index (χ1v) is 16.8. The molecule has 14 heteroatoms. The van der Waals surface area contributed by atoms with E-state index in [1.807, 2.05) is 12.3 Å². The van der Waals surface area contributed by atoms with E-state index in [0.29, 0.717) is 48.9 Å². The third kappa shape index (κ3) is 7.82. The molecule has 2 fully saturated rings. The van der Waals surface area contributed by atoms with Gasteiger partial charge in [0.25, 0.3) is 11.8 Å². The van der Waals surface area contributed by atoms with Crippen molar-refractivity contribution in [1.29, 1.82) is 0 Å². The highest BCUT2D eigenvalue weighted by molar-refractivity contribution is 6.01. The Morgan fingerprint density at radius 3 is 2.38 bits per heavy atom. The molecule has 5 heterocycles. The summed E-state index contributed by atoms with van der Waals surface area (Å²) in [4.78, 5) is 45.9. The molecule has 0 aliphatic carbocycles. The van der Waals surface area contributed by atoms with E-state index in [9.17, 15) is 27.6 Å². The Labute approximate surface area is 296 Å². The van der Waals surface area contributed by atoms with E-state index in [1.54, 1.807) is 41.3 Å².